The number of rotatable bonds is 2. The van der Waals surface area contributed by atoms with E-state index < -0.39 is 15.5 Å². The maximum atomic E-state index is 10.2. The van der Waals surface area contributed by atoms with Crippen molar-refractivity contribution in [2.75, 3.05) is 5.73 Å². The van der Waals surface area contributed by atoms with Gasteiger partial charge in [-0.2, -0.15) is 0 Å². The van der Waals surface area contributed by atoms with Gasteiger partial charge in [0.1, 0.15) is 6.07 Å². The Morgan fingerprint density at radius 3 is 2.17 bits per heavy atom. The Morgan fingerprint density at radius 2 is 1.92 bits per heavy atom. The number of nitrogens with two attached hydrogens (primary N) is 1. The molecular weight excluding hydrogens is 186 g/mol. The molecule has 1 rings (SSSR count). The topological polar surface area (TPSA) is 112 Å². The lowest BCUT2D eigenvalue weighted by atomic mass is 10.5. The highest BCUT2D eigenvalue weighted by Crippen LogP contribution is 2.36. The third-order valence-corrected chi connectivity index (χ3v) is 2.01. The first-order valence-corrected chi connectivity index (χ1v) is 3.52. The van der Waals surface area contributed by atoms with E-state index in [4.69, 9.17) is 5.73 Å². The van der Waals surface area contributed by atoms with Crippen LogP contribution in [0.4, 0.5) is 15.7 Å². The van der Waals surface area contributed by atoms with Gasteiger partial charge in [0.05, 0.1) is 9.85 Å². The molecule has 0 unspecified atom stereocenters. The van der Waals surface area contributed by atoms with Crippen LogP contribution in [0.5, 0.6) is 0 Å². The summed E-state index contributed by atoms with van der Waals surface area (Å²) in [4.78, 5) is 18.8. The molecule has 0 radical (unpaired) electrons. The van der Waals surface area contributed by atoms with Crippen LogP contribution in [0.3, 0.4) is 0 Å². The Hall–Kier alpha value is -1.70. The Bertz CT molecular complexity index is 346. The molecule has 0 atom stereocenters. The average Bonchev–Trinajstić information content (AvgIpc) is 2.30. The Labute approximate surface area is 69.7 Å². The van der Waals surface area contributed by atoms with Gasteiger partial charge in [0.2, 0.25) is 0 Å². The van der Waals surface area contributed by atoms with E-state index in [1.807, 2.05) is 0 Å². The molecule has 0 saturated carbocycles. The predicted octanol–water partition coefficient (Wildman–Crippen LogP) is 1.15. The van der Waals surface area contributed by atoms with Crippen LogP contribution in [0, 0.1) is 20.2 Å². The molecular formula is C4H3N3O4S. The summed E-state index contributed by atoms with van der Waals surface area (Å²) in [6.07, 6.45) is 0. The zero-order valence-corrected chi connectivity index (χ0v) is 6.41. The minimum atomic E-state index is -0.751. The molecule has 1 aromatic rings. The highest BCUT2D eigenvalue weighted by molar-refractivity contribution is 7.19. The van der Waals surface area contributed by atoms with Crippen molar-refractivity contribution in [3.63, 3.8) is 0 Å². The van der Waals surface area contributed by atoms with Gasteiger partial charge in [-0.25, -0.2) is 0 Å². The number of thiophene rings is 1. The molecule has 0 fully saturated rings. The number of nitrogens with zero attached hydrogens (tertiary/aromatic N) is 2. The first-order chi connectivity index (χ1) is 5.52. The van der Waals surface area contributed by atoms with Crippen molar-refractivity contribution in [3.05, 3.63) is 26.3 Å². The van der Waals surface area contributed by atoms with Crippen molar-refractivity contribution in [1.82, 2.24) is 0 Å². The van der Waals surface area contributed by atoms with E-state index in [0.29, 0.717) is 11.3 Å². The number of anilines is 1. The molecule has 0 bridgehead atoms. The summed E-state index contributed by atoms with van der Waals surface area (Å²) in [7, 11) is 0. The third-order valence-electron chi connectivity index (χ3n) is 1.10. The van der Waals surface area contributed by atoms with Gasteiger partial charge in [0.25, 0.3) is 0 Å². The van der Waals surface area contributed by atoms with Crippen LogP contribution in [0.15, 0.2) is 6.07 Å². The zero-order valence-electron chi connectivity index (χ0n) is 5.59. The highest BCUT2D eigenvalue weighted by Gasteiger charge is 2.22. The van der Waals surface area contributed by atoms with Crippen molar-refractivity contribution < 1.29 is 9.85 Å². The molecule has 1 aromatic heterocycles. The molecule has 12 heavy (non-hydrogen) atoms. The summed E-state index contributed by atoms with van der Waals surface area (Å²) >= 11 is 0.588. The fourth-order valence-electron chi connectivity index (χ4n) is 0.615. The van der Waals surface area contributed by atoms with Crippen molar-refractivity contribution in [2.45, 2.75) is 0 Å². The molecule has 7 nitrogen and oxygen atoms in total. The second-order valence-corrected chi connectivity index (χ2v) is 2.91. The van der Waals surface area contributed by atoms with Gasteiger partial charge in [0, 0.05) is 0 Å². The van der Waals surface area contributed by atoms with Crippen LogP contribution >= 0.6 is 11.3 Å². The molecule has 0 spiro atoms. The first kappa shape index (κ1) is 8.40. The fourth-order valence-corrected chi connectivity index (χ4v) is 1.32. The molecule has 8 heteroatoms. The van der Waals surface area contributed by atoms with Crippen molar-refractivity contribution in [1.29, 1.82) is 0 Å². The molecule has 0 aliphatic rings. The first-order valence-electron chi connectivity index (χ1n) is 2.70. The minimum Gasteiger partial charge on any atom is -0.385 e. The van der Waals surface area contributed by atoms with Crippen LogP contribution in [0.1, 0.15) is 0 Å². The van der Waals surface area contributed by atoms with Gasteiger partial charge in [-0.1, -0.05) is 0 Å². The van der Waals surface area contributed by atoms with Crippen LogP contribution in [0.2, 0.25) is 0 Å². The normalized spacial score (nSPS) is 9.67. The summed E-state index contributed by atoms with van der Waals surface area (Å²) in [6, 6.07) is 0.847. The maximum Gasteiger partial charge on any atom is 0.333 e. The van der Waals surface area contributed by atoms with E-state index in [1.54, 1.807) is 0 Å². The zero-order chi connectivity index (χ0) is 9.30. The minimum absolute atomic E-state index is 0.147. The summed E-state index contributed by atoms with van der Waals surface area (Å²) < 4.78 is 0. The maximum absolute atomic E-state index is 10.2. The van der Waals surface area contributed by atoms with Crippen LogP contribution in [0.25, 0.3) is 0 Å². The third kappa shape index (κ3) is 1.32. The molecule has 1 heterocycles. The van der Waals surface area contributed by atoms with Gasteiger partial charge in [-0.05, 0) is 11.3 Å². The van der Waals surface area contributed by atoms with E-state index in [1.165, 1.54) is 0 Å². The van der Waals surface area contributed by atoms with E-state index in [2.05, 4.69) is 0 Å². The molecule has 0 amide bonds. The monoisotopic (exact) mass is 189 g/mol. The highest BCUT2D eigenvalue weighted by atomic mass is 32.1. The Morgan fingerprint density at radius 1 is 1.33 bits per heavy atom. The standard InChI is InChI=1S/C4H3N3O4S/c5-4-2(6(8)9)1-3(12-4)7(10)11/h1H,5H2. The molecule has 0 aliphatic heterocycles. The number of hydrogen-bond donors (Lipinski definition) is 1. The van der Waals surface area contributed by atoms with Crippen molar-refractivity contribution >= 4 is 27.0 Å². The average molecular weight is 189 g/mol. The predicted molar refractivity (Wildman–Crippen MR) is 42.0 cm³/mol. The summed E-state index contributed by atoms with van der Waals surface area (Å²) in [6.45, 7) is 0. The number of nitrogen functional groups attached to an aromatic ring is 1. The Kier molecular flexibility index (Phi) is 1.92. The summed E-state index contributed by atoms with van der Waals surface area (Å²) in [5, 5.41) is 19.8. The van der Waals surface area contributed by atoms with Crippen molar-refractivity contribution in [3.8, 4) is 0 Å². The number of nitro groups is 2. The largest absolute Gasteiger partial charge is 0.385 e. The molecule has 0 aromatic carbocycles. The smallest absolute Gasteiger partial charge is 0.333 e. The molecule has 0 aliphatic carbocycles. The second-order valence-electron chi connectivity index (χ2n) is 1.85. The van der Waals surface area contributed by atoms with Gasteiger partial charge < -0.3 is 5.73 Å². The lowest BCUT2D eigenvalue weighted by molar-refractivity contribution is -0.389. The van der Waals surface area contributed by atoms with Gasteiger partial charge in [-0.3, -0.25) is 20.2 Å². The molecule has 2 N–H and O–H groups in total. The summed E-state index contributed by atoms with van der Waals surface area (Å²) in [5.41, 5.74) is 4.74. The second kappa shape index (κ2) is 2.74. The van der Waals surface area contributed by atoms with Crippen molar-refractivity contribution in [2.24, 2.45) is 0 Å². The van der Waals surface area contributed by atoms with E-state index in [9.17, 15) is 20.2 Å². The van der Waals surface area contributed by atoms with Crippen LogP contribution in [-0.2, 0) is 0 Å². The fraction of sp³-hybridized carbons (Fsp3) is 0. The molecule has 0 saturated heterocycles. The molecule has 64 valence electrons. The van der Waals surface area contributed by atoms with Gasteiger partial charge in [0.15, 0.2) is 5.00 Å². The van der Waals surface area contributed by atoms with Crippen LogP contribution in [-0.4, -0.2) is 9.85 Å². The lowest BCUT2D eigenvalue weighted by Gasteiger charge is -1.82. The van der Waals surface area contributed by atoms with Crippen LogP contribution < -0.4 is 5.73 Å². The quantitative estimate of drug-likeness (QED) is 0.553. The Balaban J connectivity index is 3.17. The van der Waals surface area contributed by atoms with Gasteiger partial charge in [-0.15, -0.1) is 0 Å². The van der Waals surface area contributed by atoms with Gasteiger partial charge >= 0.3 is 10.7 Å². The summed E-state index contributed by atoms with van der Waals surface area (Å²) in [5.74, 6) is 0. The number of hydrogen-bond acceptors (Lipinski definition) is 6. The SMILES string of the molecule is Nc1sc([N+](=O)[O-])cc1[N+](=O)[O-]. The van der Waals surface area contributed by atoms with E-state index in [-0.39, 0.29) is 10.0 Å². The van der Waals surface area contributed by atoms with E-state index in [0.717, 1.165) is 6.07 Å². The van der Waals surface area contributed by atoms with E-state index >= 15 is 0 Å². The lowest BCUT2D eigenvalue weighted by Crippen LogP contribution is -1.89.